The third-order valence-corrected chi connectivity index (χ3v) is 7.63. The van der Waals surface area contributed by atoms with Crippen LogP contribution in [0.5, 0.6) is 0 Å². The topological polar surface area (TPSA) is 167 Å². The van der Waals surface area contributed by atoms with Gasteiger partial charge in [-0.25, -0.2) is 19.2 Å². The first-order chi connectivity index (χ1) is 16.3. The first kappa shape index (κ1) is 31.4. The Morgan fingerprint density at radius 1 is 0.914 bits per heavy atom. The number of carbonyl (C=O) groups is 2. The standard InChI is InChI=1S/C21H35NO11P2/c1-7-29-35(28,30-8-2)22-19(16-12-10-9-11-13-16)34(26,27)33-18(21(25)32-15(5)6)17(23)20(24)31-14(3)4/h9-15,17-19,23H,7-8H2,1-6H3,(H,22,28)(H,26,27)/t17-,18-,19+/m1/s1. The third-order valence-electron chi connectivity index (χ3n) is 4.05. The molecule has 0 spiro atoms. The molecule has 14 heteroatoms. The Bertz CT molecular complexity index is 900. The largest absolute Gasteiger partial charge is 0.461 e. The van der Waals surface area contributed by atoms with Gasteiger partial charge < -0.3 is 19.5 Å². The molecule has 0 fully saturated rings. The van der Waals surface area contributed by atoms with E-state index in [1.54, 1.807) is 32.0 Å². The van der Waals surface area contributed by atoms with Crippen LogP contribution in [-0.4, -0.2) is 59.6 Å². The number of aliphatic hydroxyl groups excluding tert-OH is 1. The summed E-state index contributed by atoms with van der Waals surface area (Å²) in [6, 6.07) is 7.63. The first-order valence-electron chi connectivity index (χ1n) is 11.1. The summed E-state index contributed by atoms with van der Waals surface area (Å²) in [4.78, 5) is 35.9. The number of benzene rings is 1. The van der Waals surface area contributed by atoms with Gasteiger partial charge in [-0.1, -0.05) is 30.3 Å². The maximum atomic E-state index is 13.5. The maximum Gasteiger partial charge on any atom is 0.406 e. The lowest BCUT2D eigenvalue weighted by molar-refractivity contribution is -0.175. The van der Waals surface area contributed by atoms with Gasteiger partial charge in [0.1, 0.15) is 5.78 Å². The van der Waals surface area contributed by atoms with Crippen molar-refractivity contribution in [2.45, 2.75) is 71.7 Å². The first-order valence-corrected chi connectivity index (χ1v) is 14.3. The van der Waals surface area contributed by atoms with Crippen LogP contribution < -0.4 is 5.09 Å². The molecule has 12 nitrogen and oxygen atoms in total. The Morgan fingerprint density at radius 3 is 1.86 bits per heavy atom. The zero-order valence-electron chi connectivity index (χ0n) is 20.7. The van der Waals surface area contributed by atoms with E-state index < -0.39 is 57.5 Å². The fraction of sp³-hybridized carbons (Fsp3) is 0.619. The van der Waals surface area contributed by atoms with Gasteiger partial charge >= 0.3 is 27.3 Å². The summed E-state index contributed by atoms with van der Waals surface area (Å²) in [5, 5.41) is 12.9. The number of hydrogen-bond acceptors (Lipinski definition) is 10. The molecule has 35 heavy (non-hydrogen) atoms. The van der Waals surface area contributed by atoms with Gasteiger partial charge in [0, 0.05) is 0 Å². The minimum atomic E-state index is -5.06. The van der Waals surface area contributed by atoms with Crippen molar-refractivity contribution < 1.29 is 51.8 Å². The molecule has 1 unspecified atom stereocenters. The molecule has 1 aromatic carbocycles. The average molecular weight is 539 g/mol. The molecule has 4 atom stereocenters. The van der Waals surface area contributed by atoms with Crippen molar-refractivity contribution in [2.75, 3.05) is 13.2 Å². The van der Waals surface area contributed by atoms with Crippen molar-refractivity contribution in [1.29, 1.82) is 0 Å². The Labute approximate surface area is 205 Å². The SMILES string of the molecule is CCOP(=O)(N[C@H](c1ccccc1)P(=O)(O)O[C@@H](C(=O)OC(C)C)[C@@H](O)C(=O)OC(C)C)OCC. The van der Waals surface area contributed by atoms with Gasteiger partial charge in [0.15, 0.2) is 6.10 Å². The van der Waals surface area contributed by atoms with Gasteiger partial charge in [-0.2, -0.15) is 0 Å². The number of carbonyl (C=O) groups excluding carboxylic acids is 2. The number of esters is 2. The van der Waals surface area contributed by atoms with Gasteiger partial charge in [-0.15, -0.1) is 0 Å². The zero-order chi connectivity index (χ0) is 26.8. The average Bonchev–Trinajstić information content (AvgIpc) is 2.75. The maximum absolute atomic E-state index is 13.5. The number of hydrogen-bond donors (Lipinski definition) is 3. The lowest BCUT2D eigenvalue weighted by atomic mass is 10.2. The van der Waals surface area contributed by atoms with Crippen molar-refractivity contribution >= 4 is 27.3 Å². The van der Waals surface area contributed by atoms with E-state index in [9.17, 15) is 28.7 Å². The van der Waals surface area contributed by atoms with E-state index in [4.69, 9.17) is 23.0 Å². The minimum Gasteiger partial charge on any atom is -0.461 e. The highest BCUT2D eigenvalue weighted by Crippen LogP contribution is 2.61. The predicted octanol–water partition coefficient (Wildman–Crippen LogP) is 3.29. The molecular weight excluding hydrogens is 504 g/mol. The normalized spacial score (nSPS) is 16.4. The predicted molar refractivity (Wildman–Crippen MR) is 126 cm³/mol. The molecule has 0 aromatic heterocycles. The molecule has 3 N–H and O–H groups in total. The Balaban J connectivity index is 3.45. The van der Waals surface area contributed by atoms with Crippen LogP contribution in [0.1, 0.15) is 52.9 Å². The Morgan fingerprint density at radius 2 is 1.40 bits per heavy atom. The van der Waals surface area contributed by atoms with Crippen molar-refractivity contribution in [1.82, 2.24) is 5.09 Å². The summed E-state index contributed by atoms with van der Waals surface area (Å²) < 4.78 is 52.1. The quantitative estimate of drug-likeness (QED) is 0.220. The summed E-state index contributed by atoms with van der Waals surface area (Å²) in [6.45, 7) is 9.03. The smallest absolute Gasteiger partial charge is 0.406 e. The molecule has 0 aliphatic carbocycles. The van der Waals surface area contributed by atoms with Gasteiger partial charge in [-0.3, -0.25) is 18.1 Å². The van der Waals surface area contributed by atoms with E-state index in [1.807, 2.05) is 0 Å². The summed E-state index contributed by atoms with van der Waals surface area (Å²) in [5.41, 5.74) is 0.133. The molecule has 200 valence electrons. The lowest BCUT2D eigenvalue weighted by Crippen LogP contribution is -2.44. The Kier molecular flexibility index (Phi) is 12.7. The van der Waals surface area contributed by atoms with Crippen LogP contribution in [0.15, 0.2) is 30.3 Å². The van der Waals surface area contributed by atoms with Crippen LogP contribution in [0.25, 0.3) is 0 Å². The van der Waals surface area contributed by atoms with Crippen LogP contribution in [0, 0.1) is 0 Å². The van der Waals surface area contributed by atoms with Crippen LogP contribution in [0.4, 0.5) is 0 Å². The molecule has 0 saturated carbocycles. The van der Waals surface area contributed by atoms with Crippen molar-refractivity contribution in [3.8, 4) is 0 Å². The van der Waals surface area contributed by atoms with E-state index in [0.717, 1.165) is 0 Å². The van der Waals surface area contributed by atoms with Gasteiger partial charge in [0.25, 0.3) is 0 Å². The second-order valence-corrected chi connectivity index (χ2v) is 11.4. The van der Waals surface area contributed by atoms with Gasteiger partial charge in [0.05, 0.1) is 25.4 Å². The zero-order valence-corrected chi connectivity index (χ0v) is 22.4. The molecule has 0 bridgehead atoms. The summed E-state index contributed by atoms with van der Waals surface area (Å²) in [6.07, 6.45) is -5.86. The molecule has 0 radical (unpaired) electrons. The van der Waals surface area contributed by atoms with E-state index in [1.165, 1.54) is 39.8 Å². The van der Waals surface area contributed by atoms with E-state index in [0.29, 0.717) is 0 Å². The summed E-state index contributed by atoms with van der Waals surface area (Å²) in [5.74, 6) is -4.27. The highest BCUT2D eigenvalue weighted by atomic mass is 31.2. The van der Waals surface area contributed by atoms with Gasteiger partial charge in [0.2, 0.25) is 6.10 Å². The highest BCUT2D eigenvalue weighted by Gasteiger charge is 2.47. The van der Waals surface area contributed by atoms with Crippen LogP contribution in [0.3, 0.4) is 0 Å². The second kappa shape index (κ2) is 14.2. The molecule has 0 saturated heterocycles. The van der Waals surface area contributed by atoms with Crippen LogP contribution in [-0.2, 0) is 41.8 Å². The minimum absolute atomic E-state index is 0.0501. The molecular formula is C21H35NO11P2. The summed E-state index contributed by atoms with van der Waals surface area (Å²) in [7, 11) is -9.18. The number of nitrogens with one attached hydrogen (secondary N) is 1. The van der Waals surface area contributed by atoms with Gasteiger partial charge in [-0.05, 0) is 47.1 Å². The van der Waals surface area contributed by atoms with E-state index in [2.05, 4.69) is 5.09 Å². The van der Waals surface area contributed by atoms with E-state index >= 15 is 0 Å². The molecule has 1 rings (SSSR count). The molecule has 0 aliphatic heterocycles. The van der Waals surface area contributed by atoms with Crippen LogP contribution in [0.2, 0.25) is 0 Å². The molecule has 1 aromatic rings. The molecule has 0 amide bonds. The molecule has 0 heterocycles. The second-order valence-electron chi connectivity index (χ2n) is 7.78. The molecule has 0 aliphatic rings. The Hall–Kier alpha value is -1.62. The van der Waals surface area contributed by atoms with Crippen molar-refractivity contribution in [2.24, 2.45) is 0 Å². The third kappa shape index (κ3) is 10.1. The fourth-order valence-electron chi connectivity index (χ4n) is 2.75. The van der Waals surface area contributed by atoms with Crippen molar-refractivity contribution in [3.63, 3.8) is 0 Å². The lowest BCUT2D eigenvalue weighted by Gasteiger charge is -2.30. The number of aliphatic hydroxyl groups is 1. The highest BCUT2D eigenvalue weighted by molar-refractivity contribution is 7.56. The van der Waals surface area contributed by atoms with Crippen LogP contribution >= 0.6 is 15.3 Å². The summed E-state index contributed by atoms with van der Waals surface area (Å²) >= 11 is 0. The van der Waals surface area contributed by atoms with E-state index in [-0.39, 0.29) is 18.8 Å². The monoisotopic (exact) mass is 539 g/mol. The number of ether oxygens (including phenoxy) is 2. The van der Waals surface area contributed by atoms with Crippen molar-refractivity contribution in [3.05, 3.63) is 35.9 Å². The number of rotatable bonds is 15. The fourth-order valence-corrected chi connectivity index (χ4v) is 6.31.